The van der Waals surface area contributed by atoms with Crippen molar-refractivity contribution >= 4 is 39.5 Å². The molecule has 86 heavy (non-hydrogen) atoms. The van der Waals surface area contributed by atoms with E-state index in [9.17, 15) is 43.2 Å². The molecule has 0 saturated carbocycles. The van der Waals surface area contributed by atoms with Crippen molar-refractivity contribution < 1.29 is 80.2 Å². The topological polar surface area (TPSA) is 237 Å². The molecule has 0 saturated heterocycles. The molecule has 3 N–H and O–H groups in total. The Morgan fingerprint density at radius 3 is 0.791 bits per heavy atom. The van der Waals surface area contributed by atoms with Crippen LogP contribution in [0.4, 0.5) is 0 Å². The molecule has 0 spiro atoms. The van der Waals surface area contributed by atoms with E-state index in [2.05, 4.69) is 34.6 Å². The van der Waals surface area contributed by atoms with Crippen LogP contribution in [0, 0.1) is 5.92 Å². The zero-order chi connectivity index (χ0) is 63.5. The minimum absolute atomic E-state index is 0.102. The zero-order valence-electron chi connectivity index (χ0n) is 55.4. The molecule has 0 aliphatic rings. The first-order chi connectivity index (χ1) is 41.5. The number of ether oxygens (including phenoxy) is 4. The van der Waals surface area contributed by atoms with Crippen LogP contribution in [0.15, 0.2) is 0 Å². The van der Waals surface area contributed by atoms with Gasteiger partial charge in [-0.15, -0.1) is 0 Å². The summed E-state index contributed by atoms with van der Waals surface area (Å²) in [6, 6.07) is 0. The van der Waals surface area contributed by atoms with Crippen LogP contribution in [-0.2, 0) is 65.4 Å². The highest BCUT2D eigenvalue weighted by Crippen LogP contribution is 2.45. The lowest BCUT2D eigenvalue weighted by Crippen LogP contribution is -2.30. The van der Waals surface area contributed by atoms with Gasteiger partial charge in [-0.25, -0.2) is 9.13 Å². The zero-order valence-corrected chi connectivity index (χ0v) is 57.2. The molecular formula is C67H130O17P2. The van der Waals surface area contributed by atoms with Gasteiger partial charge >= 0.3 is 39.5 Å². The number of hydrogen-bond donors (Lipinski definition) is 3. The fourth-order valence-electron chi connectivity index (χ4n) is 10.1. The van der Waals surface area contributed by atoms with Crippen molar-refractivity contribution in [2.75, 3.05) is 39.6 Å². The minimum Gasteiger partial charge on any atom is -0.462 e. The van der Waals surface area contributed by atoms with E-state index < -0.39 is 97.5 Å². The number of esters is 4. The van der Waals surface area contributed by atoms with Crippen LogP contribution in [0.5, 0.6) is 0 Å². The normalized spacial score (nSPS) is 14.2. The third-order valence-electron chi connectivity index (χ3n) is 15.5. The van der Waals surface area contributed by atoms with Crippen molar-refractivity contribution in [3.8, 4) is 0 Å². The molecule has 0 aromatic carbocycles. The summed E-state index contributed by atoms with van der Waals surface area (Å²) >= 11 is 0. The number of unbranched alkanes of at least 4 members (excludes halogenated alkanes) is 39. The largest absolute Gasteiger partial charge is 0.472 e. The molecule has 0 aliphatic carbocycles. The van der Waals surface area contributed by atoms with Gasteiger partial charge in [-0.05, 0) is 31.6 Å². The first kappa shape index (κ1) is 84.1. The van der Waals surface area contributed by atoms with Gasteiger partial charge in [0.2, 0.25) is 0 Å². The van der Waals surface area contributed by atoms with E-state index in [0.29, 0.717) is 31.6 Å². The van der Waals surface area contributed by atoms with E-state index in [-0.39, 0.29) is 25.7 Å². The lowest BCUT2D eigenvalue weighted by molar-refractivity contribution is -0.161. The minimum atomic E-state index is -4.95. The van der Waals surface area contributed by atoms with E-state index in [4.69, 9.17) is 37.0 Å². The molecule has 0 aromatic rings. The van der Waals surface area contributed by atoms with Gasteiger partial charge in [-0.1, -0.05) is 291 Å². The molecule has 0 rings (SSSR count). The number of rotatable bonds is 67. The molecule has 0 aliphatic heterocycles. The van der Waals surface area contributed by atoms with E-state index in [1.54, 1.807) is 0 Å². The van der Waals surface area contributed by atoms with Crippen LogP contribution in [0.1, 0.15) is 343 Å². The summed E-state index contributed by atoms with van der Waals surface area (Å²) in [6.07, 6.45) is 46.1. The Morgan fingerprint density at radius 2 is 0.535 bits per heavy atom. The summed E-state index contributed by atoms with van der Waals surface area (Å²) in [5, 5.41) is 10.5. The number of carbonyl (C=O) groups excluding carboxylic acids is 4. The molecule has 17 nitrogen and oxygen atoms in total. The van der Waals surface area contributed by atoms with Crippen molar-refractivity contribution in [3.05, 3.63) is 0 Å². The van der Waals surface area contributed by atoms with Crippen molar-refractivity contribution in [1.29, 1.82) is 0 Å². The number of phosphoric acid groups is 2. The third kappa shape index (κ3) is 60.9. The van der Waals surface area contributed by atoms with E-state index in [0.717, 1.165) is 103 Å². The van der Waals surface area contributed by atoms with Crippen LogP contribution in [0.25, 0.3) is 0 Å². The Balaban J connectivity index is 5.19. The van der Waals surface area contributed by atoms with Crippen molar-refractivity contribution in [2.24, 2.45) is 5.92 Å². The first-order valence-electron chi connectivity index (χ1n) is 35.1. The fraction of sp³-hybridized carbons (Fsp3) is 0.940. The van der Waals surface area contributed by atoms with Crippen LogP contribution < -0.4 is 0 Å². The highest BCUT2D eigenvalue weighted by molar-refractivity contribution is 7.47. The Kier molecular flexibility index (Phi) is 59.2. The Hall–Kier alpha value is -1.94. The second kappa shape index (κ2) is 60.6. The molecule has 0 amide bonds. The highest BCUT2D eigenvalue weighted by Gasteiger charge is 2.30. The molecule has 0 aromatic heterocycles. The summed E-state index contributed by atoms with van der Waals surface area (Å²) in [5.74, 6) is -1.46. The molecule has 0 heterocycles. The number of aliphatic hydroxyl groups is 1. The van der Waals surface area contributed by atoms with Crippen LogP contribution in [0.2, 0.25) is 0 Å². The van der Waals surface area contributed by atoms with Gasteiger partial charge in [0.1, 0.15) is 19.3 Å². The summed E-state index contributed by atoms with van der Waals surface area (Å²) in [5.41, 5.74) is 0. The second-order valence-electron chi connectivity index (χ2n) is 24.7. The third-order valence-corrected chi connectivity index (χ3v) is 17.4. The van der Waals surface area contributed by atoms with Crippen LogP contribution >= 0.6 is 15.6 Å². The predicted octanol–water partition coefficient (Wildman–Crippen LogP) is 19.0. The highest BCUT2D eigenvalue weighted by atomic mass is 31.2. The van der Waals surface area contributed by atoms with Gasteiger partial charge in [-0.2, -0.15) is 0 Å². The SMILES string of the molecule is CCCCCCCCCCCCCCCCCCC(=O)O[C@H](COC(=O)CCCCCCCCCCCCCCCC)COP(=O)(O)OC[C@@H](O)COP(=O)(O)OC[C@@H](COC(=O)CCCCCCCCC)OC(=O)CCCCCCCCC(C)C. The van der Waals surface area contributed by atoms with Crippen molar-refractivity contribution in [3.63, 3.8) is 0 Å². The number of phosphoric ester groups is 2. The van der Waals surface area contributed by atoms with Crippen LogP contribution in [0.3, 0.4) is 0 Å². The first-order valence-corrected chi connectivity index (χ1v) is 38.1. The van der Waals surface area contributed by atoms with Crippen molar-refractivity contribution in [1.82, 2.24) is 0 Å². The summed E-state index contributed by atoms with van der Waals surface area (Å²) in [7, 11) is -9.89. The number of carbonyl (C=O) groups is 4. The van der Waals surface area contributed by atoms with E-state index in [1.807, 2.05) is 0 Å². The van der Waals surface area contributed by atoms with Gasteiger partial charge in [0.25, 0.3) is 0 Å². The molecule has 510 valence electrons. The molecule has 19 heteroatoms. The van der Waals surface area contributed by atoms with Crippen molar-refractivity contribution in [2.45, 2.75) is 361 Å². The lowest BCUT2D eigenvalue weighted by Gasteiger charge is -2.21. The summed E-state index contributed by atoms with van der Waals surface area (Å²) in [6.45, 7) is 7.09. The monoisotopic (exact) mass is 1270 g/mol. The molecule has 2 unspecified atom stereocenters. The van der Waals surface area contributed by atoms with E-state index >= 15 is 0 Å². The lowest BCUT2D eigenvalue weighted by atomic mass is 10.0. The average molecular weight is 1270 g/mol. The average Bonchev–Trinajstić information content (AvgIpc) is 3.64. The Labute approximate surface area is 524 Å². The maximum atomic E-state index is 13.0. The summed E-state index contributed by atoms with van der Waals surface area (Å²) < 4.78 is 68.0. The van der Waals surface area contributed by atoms with Gasteiger partial charge in [-0.3, -0.25) is 37.3 Å². The second-order valence-corrected chi connectivity index (χ2v) is 27.6. The summed E-state index contributed by atoms with van der Waals surface area (Å²) in [4.78, 5) is 72.2. The van der Waals surface area contributed by atoms with Gasteiger partial charge in [0, 0.05) is 25.7 Å². The molecule has 5 atom stereocenters. The molecule has 0 bridgehead atoms. The predicted molar refractivity (Wildman–Crippen MR) is 345 cm³/mol. The quantitative estimate of drug-likeness (QED) is 0.0222. The number of aliphatic hydroxyl groups excluding tert-OH is 1. The molecular weight excluding hydrogens is 1140 g/mol. The Bertz CT molecular complexity index is 1670. The van der Waals surface area contributed by atoms with E-state index in [1.165, 1.54) is 154 Å². The maximum absolute atomic E-state index is 13.0. The number of hydrogen-bond acceptors (Lipinski definition) is 15. The van der Waals surface area contributed by atoms with Gasteiger partial charge in [0.15, 0.2) is 12.2 Å². The Morgan fingerprint density at radius 1 is 0.314 bits per heavy atom. The van der Waals surface area contributed by atoms with Crippen LogP contribution in [-0.4, -0.2) is 96.7 Å². The smallest absolute Gasteiger partial charge is 0.462 e. The standard InChI is InChI=1S/C67H130O17P2/c1-6-9-12-15-18-20-22-24-26-27-29-31-33-36-42-47-52-66(71)83-62(57-78-65(70)51-46-41-35-32-30-28-25-23-21-19-16-13-10-7-2)58-81-85(73,74)79-54-61(68)55-80-86(75,76)82-59-63(56-77-64(69)50-45-40-34-17-14-11-8-3)84-67(72)53-48-43-38-37-39-44-49-60(4)5/h60-63,68H,6-59H2,1-5H3,(H,73,74)(H,75,76)/t61-,62-,63-/m1/s1. The maximum Gasteiger partial charge on any atom is 0.472 e. The molecule has 0 radical (unpaired) electrons. The van der Waals surface area contributed by atoms with Gasteiger partial charge < -0.3 is 33.8 Å². The fourth-order valence-corrected chi connectivity index (χ4v) is 11.7. The molecule has 0 fully saturated rings. The van der Waals surface area contributed by atoms with Gasteiger partial charge in [0.05, 0.1) is 26.4 Å².